The molecule has 0 unspecified atom stereocenters. The zero-order chi connectivity index (χ0) is 23.5. The molecule has 0 atom stereocenters. The van der Waals surface area contributed by atoms with Crippen LogP contribution in [0, 0.1) is 13.8 Å². The molecule has 3 heterocycles. The summed E-state index contributed by atoms with van der Waals surface area (Å²) in [5.74, 6) is 2.53. The summed E-state index contributed by atoms with van der Waals surface area (Å²) in [5, 5.41) is 17.2. The molecule has 0 radical (unpaired) electrons. The van der Waals surface area contributed by atoms with Gasteiger partial charge in [0.1, 0.15) is 11.6 Å². The molecule has 1 N–H and O–H groups in total. The maximum atomic E-state index is 12.7. The van der Waals surface area contributed by atoms with Crippen LogP contribution in [0.15, 0.2) is 58.3 Å². The van der Waals surface area contributed by atoms with Crippen LogP contribution >= 0.6 is 11.8 Å². The van der Waals surface area contributed by atoms with Crippen LogP contribution in [-0.4, -0.2) is 36.2 Å². The molecule has 0 saturated heterocycles. The number of carbonyl (C=O) groups is 1. The first-order chi connectivity index (χ1) is 16.6. The van der Waals surface area contributed by atoms with Crippen LogP contribution in [0.1, 0.15) is 52.9 Å². The fraction of sp³-hybridized carbons (Fsp3) is 0.360. The van der Waals surface area contributed by atoms with Crippen LogP contribution in [-0.2, 0) is 24.4 Å². The minimum atomic E-state index is -0.0415. The van der Waals surface area contributed by atoms with E-state index in [9.17, 15) is 4.79 Å². The number of nitrogens with one attached hydrogen (secondary N) is 1. The predicted molar refractivity (Wildman–Crippen MR) is 130 cm³/mol. The molecule has 3 aromatic heterocycles. The lowest BCUT2D eigenvalue weighted by Gasteiger charge is -2.09. The number of hydrogen-bond donors (Lipinski definition) is 1. The predicted octanol–water partition coefficient (Wildman–Crippen LogP) is 4.07. The average Bonchev–Trinajstić information content (AvgIpc) is 3.29. The number of furan rings is 1. The number of carbonyl (C=O) groups excluding carboxylic acids is 1. The molecule has 1 saturated carbocycles. The summed E-state index contributed by atoms with van der Waals surface area (Å²) in [6.45, 7) is 5.79. The number of aryl methyl sites for hydroxylation is 1. The second-order valence-electron chi connectivity index (χ2n) is 8.64. The number of thioether (sulfide) groups is 1. The number of benzene rings is 1. The Hall–Kier alpha value is -3.33. The summed E-state index contributed by atoms with van der Waals surface area (Å²) in [4.78, 5) is 12.7. The number of aromatic nitrogens is 5. The Morgan fingerprint density at radius 3 is 2.68 bits per heavy atom. The number of rotatable bonds is 10. The van der Waals surface area contributed by atoms with Gasteiger partial charge in [0.2, 0.25) is 5.91 Å². The highest BCUT2D eigenvalue weighted by atomic mass is 32.2. The Labute approximate surface area is 202 Å². The van der Waals surface area contributed by atoms with Crippen LogP contribution in [0.25, 0.3) is 0 Å². The van der Waals surface area contributed by atoms with Crippen molar-refractivity contribution >= 4 is 17.7 Å². The van der Waals surface area contributed by atoms with E-state index in [4.69, 9.17) is 4.42 Å². The monoisotopic (exact) mass is 476 g/mol. The van der Waals surface area contributed by atoms with Crippen molar-refractivity contribution in [3.8, 4) is 0 Å². The zero-order valence-corrected chi connectivity index (χ0v) is 20.2. The van der Waals surface area contributed by atoms with Gasteiger partial charge in [-0.2, -0.15) is 5.10 Å². The summed E-state index contributed by atoms with van der Waals surface area (Å²) in [6, 6.07) is 14.1. The van der Waals surface area contributed by atoms with Gasteiger partial charge >= 0.3 is 0 Å². The number of hydrogen-bond acceptors (Lipinski definition) is 6. The molecule has 4 aromatic rings. The largest absolute Gasteiger partial charge is 0.467 e. The van der Waals surface area contributed by atoms with Crippen molar-refractivity contribution in [2.24, 2.45) is 0 Å². The normalized spacial score (nSPS) is 13.4. The van der Waals surface area contributed by atoms with Crippen molar-refractivity contribution in [2.75, 3.05) is 5.75 Å². The van der Waals surface area contributed by atoms with Crippen LogP contribution < -0.4 is 5.32 Å². The van der Waals surface area contributed by atoms with Crippen molar-refractivity contribution in [3.63, 3.8) is 0 Å². The van der Waals surface area contributed by atoms with Crippen LogP contribution in [0.4, 0.5) is 0 Å². The molecular formula is C25H28N6O2S. The Morgan fingerprint density at radius 2 is 1.94 bits per heavy atom. The quantitative estimate of drug-likeness (QED) is 0.347. The van der Waals surface area contributed by atoms with Crippen molar-refractivity contribution in [3.05, 3.63) is 82.8 Å². The second-order valence-corrected chi connectivity index (χ2v) is 9.58. The highest BCUT2D eigenvalue weighted by molar-refractivity contribution is 7.99. The van der Waals surface area contributed by atoms with E-state index < -0.39 is 0 Å². The summed E-state index contributed by atoms with van der Waals surface area (Å²) < 4.78 is 9.60. The first kappa shape index (κ1) is 22.5. The third-order valence-corrected chi connectivity index (χ3v) is 7.05. The lowest BCUT2D eigenvalue weighted by molar-refractivity contribution is -0.118. The molecule has 176 valence electrons. The van der Waals surface area contributed by atoms with Crippen molar-refractivity contribution in [1.29, 1.82) is 0 Å². The topological polar surface area (TPSA) is 90.8 Å². The van der Waals surface area contributed by atoms with Gasteiger partial charge in [0, 0.05) is 23.7 Å². The SMILES string of the molecule is Cc1nn(Cc2ccccc2)c(C)c1CNC(=O)CSc1nnc(C2CC2)n1Cc1ccco1. The van der Waals surface area contributed by atoms with Gasteiger partial charge in [0.25, 0.3) is 0 Å². The van der Waals surface area contributed by atoms with Gasteiger partial charge in [-0.25, -0.2) is 0 Å². The van der Waals surface area contributed by atoms with Crippen molar-refractivity contribution in [2.45, 2.75) is 57.4 Å². The van der Waals surface area contributed by atoms with E-state index in [1.165, 1.54) is 17.3 Å². The number of amides is 1. The minimum Gasteiger partial charge on any atom is -0.467 e. The lowest BCUT2D eigenvalue weighted by atomic mass is 10.2. The average molecular weight is 477 g/mol. The molecule has 0 spiro atoms. The van der Waals surface area contributed by atoms with E-state index in [0.717, 1.165) is 46.5 Å². The smallest absolute Gasteiger partial charge is 0.230 e. The van der Waals surface area contributed by atoms with Gasteiger partial charge in [0.05, 0.1) is 30.8 Å². The van der Waals surface area contributed by atoms with Crippen LogP contribution in [0.2, 0.25) is 0 Å². The molecule has 1 aliphatic carbocycles. The Morgan fingerprint density at radius 1 is 1.12 bits per heavy atom. The van der Waals surface area contributed by atoms with Crippen molar-refractivity contribution < 1.29 is 9.21 Å². The molecule has 0 aliphatic heterocycles. The van der Waals surface area contributed by atoms with Gasteiger partial charge < -0.3 is 9.73 Å². The maximum absolute atomic E-state index is 12.7. The first-order valence-electron chi connectivity index (χ1n) is 11.5. The van der Waals surface area contributed by atoms with Crippen LogP contribution in [0.5, 0.6) is 0 Å². The fourth-order valence-corrected chi connectivity index (χ4v) is 4.80. The lowest BCUT2D eigenvalue weighted by Crippen LogP contribution is -2.25. The Bertz CT molecular complexity index is 1260. The third-order valence-electron chi connectivity index (χ3n) is 6.08. The van der Waals surface area contributed by atoms with Gasteiger partial charge in [-0.15, -0.1) is 10.2 Å². The molecule has 9 heteroatoms. The van der Waals surface area contributed by atoms with E-state index in [1.54, 1.807) is 6.26 Å². The third kappa shape index (κ3) is 5.09. The second kappa shape index (κ2) is 9.89. The van der Waals surface area contributed by atoms with E-state index in [1.807, 2.05) is 41.9 Å². The highest BCUT2D eigenvalue weighted by Gasteiger charge is 2.30. The zero-order valence-electron chi connectivity index (χ0n) is 19.4. The van der Waals surface area contributed by atoms with Gasteiger partial charge in [-0.1, -0.05) is 42.1 Å². The summed E-state index contributed by atoms with van der Waals surface area (Å²) >= 11 is 1.41. The van der Waals surface area contributed by atoms with Crippen molar-refractivity contribution in [1.82, 2.24) is 29.9 Å². The molecule has 1 aliphatic rings. The molecule has 1 fully saturated rings. The molecule has 1 amide bonds. The molecule has 1 aromatic carbocycles. The summed E-state index contributed by atoms with van der Waals surface area (Å²) in [6.07, 6.45) is 3.94. The van der Waals surface area contributed by atoms with Gasteiger partial charge in [-0.05, 0) is 44.4 Å². The van der Waals surface area contributed by atoms with Gasteiger partial charge in [-0.3, -0.25) is 14.0 Å². The van der Waals surface area contributed by atoms with E-state index in [0.29, 0.717) is 25.6 Å². The molecular weight excluding hydrogens is 448 g/mol. The molecule has 34 heavy (non-hydrogen) atoms. The minimum absolute atomic E-state index is 0.0415. The highest BCUT2D eigenvalue weighted by Crippen LogP contribution is 2.40. The van der Waals surface area contributed by atoms with Crippen LogP contribution in [0.3, 0.4) is 0 Å². The standard InChI is InChI=1S/C25H28N6O2S/c1-17-22(18(2)31(29-17)14-19-7-4-3-5-8-19)13-26-23(32)16-34-25-28-27-24(20-10-11-20)30(25)15-21-9-6-12-33-21/h3-9,12,20H,10-11,13-16H2,1-2H3,(H,26,32). The van der Waals surface area contributed by atoms with Gasteiger partial charge in [0.15, 0.2) is 5.16 Å². The fourth-order valence-electron chi connectivity index (χ4n) is 4.03. The van der Waals surface area contributed by atoms with E-state index in [-0.39, 0.29) is 11.7 Å². The molecule has 8 nitrogen and oxygen atoms in total. The first-order valence-corrected chi connectivity index (χ1v) is 12.5. The molecule has 5 rings (SSSR count). The van der Waals surface area contributed by atoms with E-state index >= 15 is 0 Å². The maximum Gasteiger partial charge on any atom is 0.230 e. The Balaban J connectivity index is 1.19. The van der Waals surface area contributed by atoms with E-state index in [2.05, 4.69) is 44.2 Å². The summed E-state index contributed by atoms with van der Waals surface area (Å²) in [7, 11) is 0. The Kier molecular flexibility index (Phi) is 6.53. The molecule has 0 bridgehead atoms. The number of nitrogens with zero attached hydrogens (tertiary/aromatic N) is 5. The summed E-state index contributed by atoms with van der Waals surface area (Å²) in [5.41, 5.74) is 4.27.